The van der Waals surface area contributed by atoms with Crippen LogP contribution in [0.25, 0.3) is 0 Å². The highest BCUT2D eigenvalue weighted by Crippen LogP contribution is 2.32. The van der Waals surface area contributed by atoms with Crippen LogP contribution in [-0.4, -0.2) is 18.5 Å². The minimum absolute atomic E-state index is 0.231. The SMILES string of the molecule is O=C1C[C@H]2CN=C[C@@H]12. The van der Waals surface area contributed by atoms with E-state index in [0.29, 0.717) is 11.7 Å². The van der Waals surface area contributed by atoms with Crippen molar-refractivity contribution in [1.29, 1.82) is 0 Å². The predicted octanol–water partition coefficient (Wildman–Crippen LogP) is 0.276. The molecule has 8 heavy (non-hydrogen) atoms. The van der Waals surface area contributed by atoms with Gasteiger partial charge in [0.15, 0.2) is 0 Å². The van der Waals surface area contributed by atoms with E-state index in [-0.39, 0.29) is 5.92 Å². The molecule has 0 aromatic heterocycles. The molecule has 0 aromatic rings. The highest BCUT2D eigenvalue weighted by atomic mass is 16.1. The van der Waals surface area contributed by atoms with Gasteiger partial charge in [-0.3, -0.25) is 9.79 Å². The molecule has 2 atom stereocenters. The van der Waals surface area contributed by atoms with Gasteiger partial charge >= 0.3 is 0 Å². The first kappa shape index (κ1) is 4.24. The van der Waals surface area contributed by atoms with E-state index in [2.05, 4.69) is 4.99 Å². The first-order valence-electron chi connectivity index (χ1n) is 2.90. The summed E-state index contributed by atoms with van der Waals surface area (Å²) in [6, 6.07) is 0. The van der Waals surface area contributed by atoms with Gasteiger partial charge in [0.2, 0.25) is 0 Å². The van der Waals surface area contributed by atoms with Crippen molar-refractivity contribution in [2.75, 3.05) is 6.54 Å². The third kappa shape index (κ3) is 0.335. The number of carbonyl (C=O) groups excluding carboxylic acids is 1. The van der Waals surface area contributed by atoms with Crippen molar-refractivity contribution in [3.8, 4) is 0 Å². The summed E-state index contributed by atoms with van der Waals surface area (Å²) in [6.45, 7) is 0.899. The van der Waals surface area contributed by atoms with Gasteiger partial charge in [0.25, 0.3) is 0 Å². The van der Waals surface area contributed by atoms with Gasteiger partial charge in [-0.25, -0.2) is 0 Å². The third-order valence-corrected chi connectivity index (χ3v) is 1.95. The monoisotopic (exact) mass is 109 g/mol. The third-order valence-electron chi connectivity index (χ3n) is 1.95. The van der Waals surface area contributed by atoms with Crippen LogP contribution in [0.4, 0.5) is 0 Å². The van der Waals surface area contributed by atoms with Gasteiger partial charge < -0.3 is 0 Å². The molecular formula is C6H7NO. The Morgan fingerprint density at radius 3 is 3.12 bits per heavy atom. The van der Waals surface area contributed by atoms with Crippen molar-refractivity contribution in [3.63, 3.8) is 0 Å². The molecule has 1 saturated carbocycles. The zero-order valence-electron chi connectivity index (χ0n) is 4.50. The van der Waals surface area contributed by atoms with Gasteiger partial charge in [-0.2, -0.15) is 0 Å². The highest BCUT2D eigenvalue weighted by molar-refractivity contribution is 6.01. The number of rotatable bonds is 0. The lowest BCUT2D eigenvalue weighted by molar-refractivity contribution is -0.129. The molecule has 0 radical (unpaired) electrons. The lowest BCUT2D eigenvalue weighted by Crippen LogP contribution is -2.35. The molecule has 0 unspecified atom stereocenters. The molecule has 2 heteroatoms. The first-order valence-corrected chi connectivity index (χ1v) is 2.90. The molecule has 0 aromatic carbocycles. The van der Waals surface area contributed by atoms with Gasteiger partial charge in [0.1, 0.15) is 5.78 Å². The Morgan fingerprint density at radius 1 is 1.75 bits per heavy atom. The molecule has 2 aliphatic rings. The van der Waals surface area contributed by atoms with E-state index < -0.39 is 0 Å². The Balaban J connectivity index is 2.21. The molecule has 0 bridgehead atoms. The fourth-order valence-corrected chi connectivity index (χ4v) is 1.32. The highest BCUT2D eigenvalue weighted by Gasteiger charge is 2.40. The van der Waals surface area contributed by atoms with Crippen LogP contribution in [0.3, 0.4) is 0 Å². The normalized spacial score (nSPS) is 41.8. The molecule has 1 aliphatic heterocycles. The van der Waals surface area contributed by atoms with Crippen molar-refractivity contribution in [2.24, 2.45) is 16.8 Å². The van der Waals surface area contributed by atoms with E-state index in [1.54, 1.807) is 6.21 Å². The number of hydrogen-bond donors (Lipinski definition) is 0. The van der Waals surface area contributed by atoms with Gasteiger partial charge in [-0.05, 0) is 5.92 Å². The van der Waals surface area contributed by atoms with Crippen LogP contribution < -0.4 is 0 Å². The second-order valence-corrected chi connectivity index (χ2v) is 2.47. The minimum Gasteiger partial charge on any atom is -0.299 e. The number of aliphatic imine (C=N–C) groups is 1. The van der Waals surface area contributed by atoms with Crippen LogP contribution in [0.2, 0.25) is 0 Å². The lowest BCUT2D eigenvalue weighted by atomic mass is 9.75. The Bertz CT molecular complexity index is 162. The van der Waals surface area contributed by atoms with Crippen LogP contribution in [0.15, 0.2) is 4.99 Å². The van der Waals surface area contributed by atoms with E-state index in [9.17, 15) is 4.79 Å². The van der Waals surface area contributed by atoms with Crippen molar-refractivity contribution in [1.82, 2.24) is 0 Å². The van der Waals surface area contributed by atoms with Crippen LogP contribution >= 0.6 is 0 Å². The van der Waals surface area contributed by atoms with Crippen molar-refractivity contribution < 1.29 is 4.79 Å². The van der Waals surface area contributed by atoms with Crippen LogP contribution in [-0.2, 0) is 4.79 Å². The van der Waals surface area contributed by atoms with E-state index in [0.717, 1.165) is 13.0 Å². The van der Waals surface area contributed by atoms with Crippen molar-refractivity contribution in [2.45, 2.75) is 6.42 Å². The van der Waals surface area contributed by atoms with Crippen molar-refractivity contribution in [3.05, 3.63) is 0 Å². The zero-order valence-corrected chi connectivity index (χ0v) is 4.50. The van der Waals surface area contributed by atoms with Crippen LogP contribution in [0.5, 0.6) is 0 Å². The van der Waals surface area contributed by atoms with Crippen LogP contribution in [0.1, 0.15) is 6.42 Å². The number of carbonyl (C=O) groups is 1. The first-order chi connectivity index (χ1) is 3.88. The van der Waals surface area contributed by atoms with E-state index in [4.69, 9.17) is 0 Å². The van der Waals surface area contributed by atoms with E-state index in [1.807, 2.05) is 0 Å². The maximum absolute atomic E-state index is 10.6. The number of nitrogens with zero attached hydrogens (tertiary/aromatic N) is 1. The van der Waals surface area contributed by atoms with E-state index >= 15 is 0 Å². The number of hydrogen-bond acceptors (Lipinski definition) is 2. The number of fused-ring (bicyclic) bond motifs is 1. The summed E-state index contributed by atoms with van der Waals surface area (Å²) < 4.78 is 0. The van der Waals surface area contributed by atoms with Gasteiger partial charge in [0.05, 0.1) is 5.92 Å². The molecule has 0 amide bonds. The maximum Gasteiger partial charge on any atom is 0.142 e. The summed E-state index contributed by atoms with van der Waals surface area (Å²) in [4.78, 5) is 14.6. The summed E-state index contributed by atoms with van der Waals surface area (Å²) in [5.41, 5.74) is 0. The topological polar surface area (TPSA) is 29.4 Å². The molecule has 0 saturated heterocycles. The molecule has 1 heterocycles. The lowest BCUT2D eigenvalue weighted by Gasteiger charge is -2.25. The number of ketones is 1. The molecule has 0 N–H and O–H groups in total. The van der Waals surface area contributed by atoms with Gasteiger partial charge in [0, 0.05) is 19.2 Å². The molecule has 1 fully saturated rings. The summed E-state index contributed by atoms with van der Waals surface area (Å²) in [7, 11) is 0. The second kappa shape index (κ2) is 1.19. The average molecular weight is 109 g/mol. The molecule has 42 valence electrons. The summed E-state index contributed by atoms with van der Waals surface area (Å²) in [6.07, 6.45) is 2.58. The second-order valence-electron chi connectivity index (χ2n) is 2.47. The quantitative estimate of drug-likeness (QED) is 0.439. The smallest absolute Gasteiger partial charge is 0.142 e. The van der Waals surface area contributed by atoms with Crippen molar-refractivity contribution >= 4 is 12.0 Å². The summed E-state index contributed by atoms with van der Waals surface area (Å²) in [5, 5.41) is 0. The minimum atomic E-state index is 0.231. The molecule has 1 aliphatic carbocycles. The fourth-order valence-electron chi connectivity index (χ4n) is 1.32. The van der Waals surface area contributed by atoms with E-state index in [1.165, 1.54) is 0 Å². The van der Waals surface area contributed by atoms with Gasteiger partial charge in [-0.1, -0.05) is 0 Å². The number of Topliss-reactive ketones (excluding diaryl/α,β-unsaturated/α-hetero) is 1. The molecule has 2 rings (SSSR count). The van der Waals surface area contributed by atoms with Crippen LogP contribution in [0, 0.1) is 11.8 Å². The molecular weight excluding hydrogens is 102 g/mol. The summed E-state index contributed by atoms with van der Waals surface area (Å²) in [5.74, 6) is 1.22. The fraction of sp³-hybridized carbons (Fsp3) is 0.667. The Kier molecular flexibility index (Phi) is 0.629. The average Bonchev–Trinajstić information content (AvgIpc) is 2.09. The largest absolute Gasteiger partial charge is 0.299 e. The Labute approximate surface area is 47.6 Å². The molecule has 2 nitrogen and oxygen atoms in total. The Morgan fingerprint density at radius 2 is 2.62 bits per heavy atom. The van der Waals surface area contributed by atoms with Gasteiger partial charge in [-0.15, -0.1) is 0 Å². The summed E-state index contributed by atoms with van der Waals surface area (Å²) >= 11 is 0. The zero-order chi connectivity index (χ0) is 5.56. The maximum atomic E-state index is 10.6. The standard InChI is InChI=1S/C6H7NO/c8-6-1-4-2-7-3-5(4)6/h3-5H,1-2H2/t4-,5+/m0/s1. The molecule has 0 spiro atoms. The Hall–Kier alpha value is -0.660. The predicted molar refractivity (Wildman–Crippen MR) is 30.0 cm³/mol.